The van der Waals surface area contributed by atoms with Crippen LogP contribution in [0.15, 0.2) is 97.2 Å². The van der Waals surface area contributed by atoms with Crippen molar-refractivity contribution in [2.45, 2.75) is 6.92 Å². The molecule has 1 saturated heterocycles. The summed E-state index contributed by atoms with van der Waals surface area (Å²) in [6.45, 7) is 5.90. The van der Waals surface area contributed by atoms with E-state index in [9.17, 15) is 4.79 Å². The Hall–Kier alpha value is -4.90. The van der Waals surface area contributed by atoms with Gasteiger partial charge in [-0.15, -0.1) is 0 Å². The minimum absolute atomic E-state index is 0.325. The Morgan fingerprint density at radius 3 is 2.44 bits per heavy atom. The Balaban J connectivity index is 1.33. The van der Waals surface area contributed by atoms with E-state index in [1.54, 1.807) is 12.1 Å². The van der Waals surface area contributed by atoms with Gasteiger partial charge in [0.2, 0.25) is 0 Å². The summed E-state index contributed by atoms with van der Waals surface area (Å²) in [7, 11) is 0. The molecule has 4 aromatic rings. The number of morpholine rings is 1. The summed E-state index contributed by atoms with van der Waals surface area (Å²) in [5.74, 6) is 6.73. The molecule has 0 saturated carbocycles. The summed E-state index contributed by atoms with van der Waals surface area (Å²) < 4.78 is 16.8. The summed E-state index contributed by atoms with van der Waals surface area (Å²) in [5, 5.41) is 8.88. The molecule has 7 heteroatoms. The van der Waals surface area contributed by atoms with Gasteiger partial charge in [0, 0.05) is 36.0 Å². The molecule has 1 aromatic heterocycles. The van der Waals surface area contributed by atoms with E-state index >= 15 is 0 Å². The van der Waals surface area contributed by atoms with Gasteiger partial charge >= 0.3 is 5.97 Å². The van der Waals surface area contributed by atoms with Crippen molar-refractivity contribution in [3.05, 3.63) is 119 Å². The van der Waals surface area contributed by atoms with Crippen LogP contribution in [0.1, 0.15) is 22.3 Å². The van der Waals surface area contributed by atoms with Crippen molar-refractivity contribution in [3.8, 4) is 34.6 Å². The highest BCUT2D eigenvalue weighted by molar-refractivity contribution is 5.80. The van der Waals surface area contributed by atoms with Crippen molar-refractivity contribution in [2.24, 2.45) is 0 Å². The van der Waals surface area contributed by atoms with Crippen LogP contribution >= 0.6 is 0 Å². The molecule has 0 atom stereocenters. The van der Waals surface area contributed by atoms with E-state index in [1.807, 2.05) is 73.8 Å². The highest BCUT2D eigenvalue weighted by atomic mass is 16.5. The first kappa shape index (κ1) is 29.6. The number of ether oxygens (including phenoxy) is 3. The van der Waals surface area contributed by atoms with E-state index in [0.29, 0.717) is 18.1 Å². The Morgan fingerprint density at radius 1 is 0.977 bits per heavy atom. The Bertz CT molecular complexity index is 1600. The first-order valence-electron chi connectivity index (χ1n) is 14.2. The van der Waals surface area contributed by atoms with Crippen LogP contribution in [-0.2, 0) is 9.53 Å². The maximum absolute atomic E-state index is 10.8. The first-order chi connectivity index (χ1) is 21.0. The van der Waals surface area contributed by atoms with Gasteiger partial charge in [0.1, 0.15) is 18.1 Å². The molecule has 0 spiro atoms. The standard InChI is InChI=1S/C36H34N2O5/c1-27-24-32(14-16-35(27)43-26-36(39)40)42-21-17-33(31-13-15-34(37-25-31)30-7-3-2-4-8-30)29-11-9-28(10-12-29)6-5-18-38-19-22-41-23-20-38/h2-4,7-17,24-25H,18-23,26H2,1H3,(H,39,40)/b33-17+. The molecule has 1 N–H and O–H groups in total. The highest BCUT2D eigenvalue weighted by Crippen LogP contribution is 2.27. The van der Waals surface area contributed by atoms with Gasteiger partial charge in [-0.2, -0.15) is 0 Å². The fraction of sp³-hybridized carbons (Fsp3) is 0.222. The zero-order valence-corrected chi connectivity index (χ0v) is 24.2. The second kappa shape index (κ2) is 14.8. The predicted octanol–water partition coefficient (Wildman–Crippen LogP) is 5.71. The van der Waals surface area contributed by atoms with Gasteiger partial charge in [0.05, 0.1) is 25.5 Å². The molecule has 1 aliphatic rings. The van der Waals surface area contributed by atoms with E-state index < -0.39 is 5.97 Å². The van der Waals surface area contributed by atoms with Crippen LogP contribution in [0, 0.1) is 18.8 Å². The molecular formula is C36H34N2O5. The number of pyridine rings is 1. The number of nitrogens with zero attached hydrogens (tertiary/aromatic N) is 2. The lowest BCUT2D eigenvalue weighted by Gasteiger charge is -2.24. The van der Waals surface area contributed by atoms with Crippen molar-refractivity contribution >= 4 is 11.5 Å². The molecule has 0 amide bonds. The minimum atomic E-state index is -1.02. The summed E-state index contributed by atoms with van der Waals surface area (Å²) in [4.78, 5) is 17.9. The van der Waals surface area contributed by atoms with Crippen LogP contribution in [0.3, 0.4) is 0 Å². The van der Waals surface area contributed by atoms with Gasteiger partial charge in [0.25, 0.3) is 0 Å². The van der Waals surface area contributed by atoms with Gasteiger partial charge in [-0.3, -0.25) is 9.88 Å². The normalized spacial score (nSPS) is 13.6. The lowest BCUT2D eigenvalue weighted by atomic mass is 9.97. The lowest BCUT2D eigenvalue weighted by molar-refractivity contribution is -0.139. The molecule has 43 heavy (non-hydrogen) atoms. The number of carbonyl (C=O) groups is 1. The molecule has 0 aliphatic carbocycles. The van der Waals surface area contributed by atoms with Gasteiger partial charge in [-0.25, -0.2) is 4.79 Å². The maximum atomic E-state index is 10.8. The van der Waals surface area contributed by atoms with Gasteiger partial charge < -0.3 is 19.3 Å². The fourth-order valence-electron chi connectivity index (χ4n) is 4.72. The number of carboxylic acid groups (broad SMARTS) is 1. The van der Waals surface area contributed by atoms with Crippen LogP contribution in [0.5, 0.6) is 11.5 Å². The molecule has 0 unspecified atom stereocenters. The number of benzene rings is 3. The second-order valence-electron chi connectivity index (χ2n) is 10.1. The molecule has 0 bridgehead atoms. The van der Waals surface area contributed by atoms with Crippen LogP contribution in [-0.4, -0.2) is 67.0 Å². The fourth-order valence-corrected chi connectivity index (χ4v) is 4.72. The number of hydrogen-bond donors (Lipinski definition) is 1. The third-order valence-electron chi connectivity index (χ3n) is 7.01. The zero-order chi connectivity index (χ0) is 29.9. The van der Waals surface area contributed by atoms with Crippen LogP contribution < -0.4 is 9.47 Å². The van der Waals surface area contributed by atoms with E-state index in [1.165, 1.54) is 0 Å². The van der Waals surface area contributed by atoms with Crippen molar-refractivity contribution in [1.29, 1.82) is 0 Å². The van der Waals surface area contributed by atoms with Crippen molar-refractivity contribution in [2.75, 3.05) is 46.1 Å². The van der Waals surface area contributed by atoms with Crippen molar-refractivity contribution < 1.29 is 24.1 Å². The van der Waals surface area contributed by atoms with Gasteiger partial charge in [0.15, 0.2) is 6.61 Å². The molecule has 7 nitrogen and oxygen atoms in total. The lowest BCUT2D eigenvalue weighted by Crippen LogP contribution is -2.36. The van der Waals surface area contributed by atoms with Crippen molar-refractivity contribution in [3.63, 3.8) is 0 Å². The van der Waals surface area contributed by atoms with E-state index in [4.69, 9.17) is 24.3 Å². The Morgan fingerprint density at radius 2 is 1.74 bits per heavy atom. The molecule has 0 radical (unpaired) electrons. The van der Waals surface area contributed by atoms with Crippen molar-refractivity contribution in [1.82, 2.24) is 9.88 Å². The van der Waals surface area contributed by atoms with Gasteiger partial charge in [-0.1, -0.05) is 60.4 Å². The summed E-state index contributed by atoms with van der Waals surface area (Å²) in [5.41, 5.74) is 6.74. The highest BCUT2D eigenvalue weighted by Gasteiger charge is 2.10. The summed E-state index contributed by atoms with van der Waals surface area (Å²) in [6, 6.07) is 27.8. The third-order valence-corrected chi connectivity index (χ3v) is 7.01. The first-order valence-corrected chi connectivity index (χ1v) is 14.2. The molecule has 3 aromatic carbocycles. The Kier molecular flexibility index (Phi) is 10.2. The monoisotopic (exact) mass is 574 g/mol. The van der Waals surface area contributed by atoms with E-state index in [0.717, 1.165) is 71.9 Å². The Labute approximate surface area is 252 Å². The smallest absolute Gasteiger partial charge is 0.341 e. The molecule has 1 fully saturated rings. The number of aromatic nitrogens is 1. The second-order valence-corrected chi connectivity index (χ2v) is 10.1. The van der Waals surface area contributed by atoms with Gasteiger partial charge in [-0.05, 0) is 66.1 Å². The largest absolute Gasteiger partial charge is 0.489 e. The molecule has 1 aliphatic heterocycles. The summed E-state index contributed by atoms with van der Waals surface area (Å²) in [6.07, 6.45) is 3.94. The average molecular weight is 575 g/mol. The topological polar surface area (TPSA) is 81.1 Å². The number of aliphatic carboxylic acids is 1. The van der Waals surface area contributed by atoms with E-state index in [2.05, 4.69) is 34.9 Å². The van der Waals surface area contributed by atoms with Crippen LogP contribution in [0.4, 0.5) is 0 Å². The maximum Gasteiger partial charge on any atom is 0.341 e. The SMILES string of the molecule is Cc1cc(OC/C=C(\c2ccc(C#CCN3CCOCC3)cc2)c2ccc(-c3ccccc3)nc2)ccc1OCC(=O)O. The zero-order valence-electron chi connectivity index (χ0n) is 24.2. The van der Waals surface area contributed by atoms with Crippen LogP contribution in [0.25, 0.3) is 16.8 Å². The number of carboxylic acids is 1. The third kappa shape index (κ3) is 8.55. The quantitative estimate of drug-likeness (QED) is 0.243. The molecular weight excluding hydrogens is 540 g/mol. The minimum Gasteiger partial charge on any atom is -0.489 e. The molecule has 5 rings (SSSR count). The summed E-state index contributed by atoms with van der Waals surface area (Å²) >= 11 is 0. The molecule has 2 heterocycles. The average Bonchev–Trinajstić information content (AvgIpc) is 3.04. The predicted molar refractivity (Wildman–Crippen MR) is 167 cm³/mol. The van der Waals surface area contributed by atoms with E-state index in [-0.39, 0.29) is 6.61 Å². The number of hydrogen-bond acceptors (Lipinski definition) is 6. The number of aryl methyl sites for hydroxylation is 1. The van der Waals surface area contributed by atoms with Crippen LogP contribution in [0.2, 0.25) is 0 Å². The number of rotatable bonds is 10. The molecule has 218 valence electrons.